The Morgan fingerprint density at radius 1 is 1.27 bits per heavy atom. The summed E-state index contributed by atoms with van der Waals surface area (Å²) in [7, 11) is 0. The molecule has 15 heavy (non-hydrogen) atoms. The van der Waals surface area contributed by atoms with Crippen molar-refractivity contribution in [2.24, 2.45) is 5.92 Å². The Morgan fingerprint density at radius 2 is 2.07 bits per heavy atom. The largest absolute Gasteiger partial charge is 0.317 e. The lowest BCUT2D eigenvalue weighted by molar-refractivity contribution is 0.221. The van der Waals surface area contributed by atoms with Crippen LogP contribution in [0.15, 0.2) is 0 Å². The molecule has 2 heterocycles. The van der Waals surface area contributed by atoms with E-state index in [1.807, 2.05) is 0 Å². The highest BCUT2D eigenvalue weighted by Gasteiger charge is 2.28. The molecule has 2 rings (SSSR count). The number of hydrogen-bond donors (Lipinski definition) is 1. The molecule has 2 aliphatic rings. The molecule has 0 spiro atoms. The lowest BCUT2D eigenvalue weighted by atomic mass is 10.1. The zero-order valence-corrected chi connectivity index (χ0v) is 10.7. The molecule has 3 heteroatoms. The van der Waals surface area contributed by atoms with Crippen molar-refractivity contribution in [1.29, 1.82) is 0 Å². The molecule has 0 amide bonds. The molecule has 0 saturated carbocycles. The molecule has 0 radical (unpaired) electrons. The van der Waals surface area contributed by atoms with Gasteiger partial charge in [0.2, 0.25) is 0 Å². The lowest BCUT2D eigenvalue weighted by Gasteiger charge is -2.30. The summed E-state index contributed by atoms with van der Waals surface area (Å²) in [6.07, 6.45) is 4.27. The summed E-state index contributed by atoms with van der Waals surface area (Å²) in [5.74, 6) is 3.69. The molecule has 2 aliphatic heterocycles. The first-order valence-electron chi connectivity index (χ1n) is 6.42. The Bertz CT molecular complexity index is 180. The highest BCUT2D eigenvalue weighted by Crippen LogP contribution is 2.26. The number of rotatable bonds is 4. The first kappa shape index (κ1) is 11.7. The van der Waals surface area contributed by atoms with Crippen molar-refractivity contribution in [3.05, 3.63) is 0 Å². The second-order valence-corrected chi connectivity index (χ2v) is 6.03. The van der Waals surface area contributed by atoms with E-state index in [2.05, 4.69) is 28.9 Å². The SMILES string of the molecule is CCNCC1CCN(C2CCSCC2)C1. The second kappa shape index (κ2) is 6.12. The van der Waals surface area contributed by atoms with Crippen LogP contribution in [0.3, 0.4) is 0 Å². The van der Waals surface area contributed by atoms with Crippen LogP contribution in [0.2, 0.25) is 0 Å². The molecule has 0 bridgehead atoms. The van der Waals surface area contributed by atoms with E-state index in [0.717, 1.165) is 18.5 Å². The van der Waals surface area contributed by atoms with Crippen molar-refractivity contribution in [3.8, 4) is 0 Å². The predicted molar refractivity (Wildman–Crippen MR) is 68.6 cm³/mol. The summed E-state index contributed by atoms with van der Waals surface area (Å²) < 4.78 is 0. The van der Waals surface area contributed by atoms with Gasteiger partial charge in [-0.1, -0.05) is 6.92 Å². The zero-order chi connectivity index (χ0) is 10.5. The summed E-state index contributed by atoms with van der Waals surface area (Å²) in [5, 5.41) is 3.48. The Hall–Kier alpha value is 0.270. The van der Waals surface area contributed by atoms with E-state index in [9.17, 15) is 0 Å². The standard InChI is InChI=1S/C12H24N2S/c1-2-13-9-11-3-6-14(10-11)12-4-7-15-8-5-12/h11-13H,2-10H2,1H3. The van der Waals surface area contributed by atoms with Gasteiger partial charge in [0.1, 0.15) is 0 Å². The van der Waals surface area contributed by atoms with Crippen molar-refractivity contribution >= 4 is 11.8 Å². The van der Waals surface area contributed by atoms with Crippen LogP contribution in [-0.2, 0) is 0 Å². The fraction of sp³-hybridized carbons (Fsp3) is 1.00. The van der Waals surface area contributed by atoms with Crippen LogP contribution in [0.25, 0.3) is 0 Å². The molecule has 1 atom stereocenters. The molecule has 0 aromatic rings. The van der Waals surface area contributed by atoms with Gasteiger partial charge in [0.05, 0.1) is 0 Å². The van der Waals surface area contributed by atoms with Gasteiger partial charge in [-0.15, -0.1) is 0 Å². The first-order chi connectivity index (χ1) is 7.40. The summed E-state index contributed by atoms with van der Waals surface area (Å²) >= 11 is 2.13. The molecule has 1 N–H and O–H groups in total. The quantitative estimate of drug-likeness (QED) is 0.790. The first-order valence-corrected chi connectivity index (χ1v) is 7.58. The van der Waals surface area contributed by atoms with Crippen LogP contribution in [0, 0.1) is 5.92 Å². The van der Waals surface area contributed by atoms with E-state index >= 15 is 0 Å². The van der Waals surface area contributed by atoms with Crippen LogP contribution >= 0.6 is 11.8 Å². The highest BCUT2D eigenvalue weighted by atomic mass is 32.2. The van der Waals surface area contributed by atoms with E-state index in [1.54, 1.807) is 0 Å². The molecular weight excluding hydrogens is 204 g/mol. The number of thioether (sulfide) groups is 1. The fourth-order valence-electron chi connectivity index (χ4n) is 2.76. The van der Waals surface area contributed by atoms with E-state index in [-0.39, 0.29) is 0 Å². The zero-order valence-electron chi connectivity index (χ0n) is 9.87. The Labute approximate surface area is 98.2 Å². The molecule has 2 saturated heterocycles. The minimum atomic E-state index is 0.915. The maximum atomic E-state index is 3.48. The summed E-state index contributed by atoms with van der Waals surface area (Å²) in [6.45, 7) is 7.25. The van der Waals surface area contributed by atoms with Gasteiger partial charge in [0, 0.05) is 12.6 Å². The highest BCUT2D eigenvalue weighted by molar-refractivity contribution is 7.99. The third kappa shape index (κ3) is 3.36. The predicted octanol–water partition coefficient (Wildman–Crippen LogP) is 1.81. The van der Waals surface area contributed by atoms with E-state index in [4.69, 9.17) is 0 Å². The van der Waals surface area contributed by atoms with Gasteiger partial charge in [-0.2, -0.15) is 11.8 Å². The molecule has 0 aromatic carbocycles. The molecule has 2 fully saturated rings. The maximum Gasteiger partial charge on any atom is 0.0111 e. The fourth-order valence-corrected chi connectivity index (χ4v) is 3.84. The van der Waals surface area contributed by atoms with Gasteiger partial charge in [-0.3, -0.25) is 4.90 Å². The number of nitrogens with one attached hydrogen (secondary N) is 1. The van der Waals surface area contributed by atoms with Crippen molar-refractivity contribution in [2.75, 3.05) is 37.7 Å². The Kier molecular flexibility index (Phi) is 4.79. The van der Waals surface area contributed by atoms with Gasteiger partial charge in [-0.05, 0) is 56.3 Å². The second-order valence-electron chi connectivity index (χ2n) is 4.80. The minimum absolute atomic E-state index is 0.915. The number of hydrogen-bond acceptors (Lipinski definition) is 3. The maximum absolute atomic E-state index is 3.48. The molecule has 88 valence electrons. The molecule has 0 aromatic heterocycles. The van der Waals surface area contributed by atoms with Gasteiger partial charge < -0.3 is 5.32 Å². The van der Waals surface area contributed by atoms with E-state index < -0.39 is 0 Å². The van der Waals surface area contributed by atoms with Crippen LogP contribution in [-0.4, -0.2) is 48.6 Å². The summed E-state index contributed by atoms with van der Waals surface area (Å²) in [6, 6.07) is 0.915. The van der Waals surface area contributed by atoms with Crippen molar-refractivity contribution in [3.63, 3.8) is 0 Å². The third-order valence-corrected chi connectivity index (χ3v) is 4.76. The van der Waals surface area contributed by atoms with Crippen LogP contribution in [0.4, 0.5) is 0 Å². The average molecular weight is 228 g/mol. The molecule has 1 unspecified atom stereocenters. The summed E-state index contributed by atoms with van der Waals surface area (Å²) in [4.78, 5) is 2.75. The Balaban J connectivity index is 1.71. The molecule has 0 aliphatic carbocycles. The van der Waals surface area contributed by atoms with E-state index in [0.29, 0.717) is 0 Å². The van der Waals surface area contributed by atoms with Crippen molar-refractivity contribution in [1.82, 2.24) is 10.2 Å². The summed E-state index contributed by atoms with van der Waals surface area (Å²) in [5.41, 5.74) is 0. The topological polar surface area (TPSA) is 15.3 Å². The van der Waals surface area contributed by atoms with Crippen LogP contribution < -0.4 is 5.32 Å². The van der Waals surface area contributed by atoms with Gasteiger partial charge in [0.15, 0.2) is 0 Å². The van der Waals surface area contributed by atoms with Crippen LogP contribution in [0.1, 0.15) is 26.2 Å². The molecular formula is C12H24N2S. The van der Waals surface area contributed by atoms with Gasteiger partial charge in [0.25, 0.3) is 0 Å². The third-order valence-electron chi connectivity index (χ3n) is 3.71. The average Bonchev–Trinajstić information content (AvgIpc) is 2.76. The Morgan fingerprint density at radius 3 is 2.80 bits per heavy atom. The van der Waals surface area contributed by atoms with E-state index in [1.165, 1.54) is 50.4 Å². The number of nitrogens with zero attached hydrogens (tertiary/aromatic N) is 1. The smallest absolute Gasteiger partial charge is 0.0111 e. The minimum Gasteiger partial charge on any atom is -0.317 e. The number of likely N-dealkylation sites (tertiary alicyclic amines) is 1. The van der Waals surface area contributed by atoms with Crippen molar-refractivity contribution in [2.45, 2.75) is 32.2 Å². The van der Waals surface area contributed by atoms with Gasteiger partial charge in [-0.25, -0.2) is 0 Å². The lowest BCUT2D eigenvalue weighted by Crippen LogP contribution is -2.37. The van der Waals surface area contributed by atoms with Gasteiger partial charge >= 0.3 is 0 Å². The van der Waals surface area contributed by atoms with Crippen molar-refractivity contribution < 1.29 is 0 Å². The monoisotopic (exact) mass is 228 g/mol. The normalized spacial score (nSPS) is 29.8. The van der Waals surface area contributed by atoms with Crippen LogP contribution in [0.5, 0.6) is 0 Å². The molecule has 2 nitrogen and oxygen atoms in total.